The molecule has 2 aromatic rings. The number of carbonyl (C=O) groups excluding carboxylic acids is 2. The normalized spacial score (nSPS) is 17.1. The van der Waals surface area contributed by atoms with E-state index in [-0.39, 0.29) is 11.4 Å². The molecule has 1 aromatic heterocycles. The lowest BCUT2D eigenvalue weighted by Gasteiger charge is -2.29. The topological polar surface area (TPSA) is 64.9 Å². The van der Waals surface area contributed by atoms with Gasteiger partial charge in [0.25, 0.3) is 0 Å². The number of carbonyl (C=O) groups is 2. The van der Waals surface area contributed by atoms with Crippen molar-refractivity contribution in [2.75, 3.05) is 26.2 Å². The molecule has 5 nitrogen and oxygen atoms in total. The van der Waals surface area contributed by atoms with E-state index in [0.29, 0.717) is 28.6 Å². The van der Waals surface area contributed by atoms with E-state index >= 15 is 0 Å². The number of thiophene rings is 1. The number of amides is 1. The van der Waals surface area contributed by atoms with Crippen molar-refractivity contribution >= 4 is 34.6 Å². The maximum Gasteiger partial charge on any atom is 0.240 e. The number of hydrogen-bond donors (Lipinski definition) is 1. The van der Waals surface area contributed by atoms with Crippen LogP contribution in [0.3, 0.4) is 0 Å². The predicted octanol–water partition coefficient (Wildman–Crippen LogP) is 1.71. The SMILES string of the molecule is CC[NH+](CC)CCN1C(=O)C([O-])=C(C(=O)c2cccs2)C1c1cccc(Cl)c1. The van der Waals surface area contributed by atoms with Crippen LogP contribution in [0.5, 0.6) is 0 Å². The molecule has 148 valence electrons. The van der Waals surface area contributed by atoms with Gasteiger partial charge in [0, 0.05) is 10.6 Å². The van der Waals surface area contributed by atoms with Gasteiger partial charge in [-0.1, -0.05) is 29.8 Å². The van der Waals surface area contributed by atoms with Crippen molar-refractivity contribution in [1.82, 2.24) is 4.90 Å². The van der Waals surface area contributed by atoms with E-state index in [1.54, 1.807) is 41.8 Å². The molecule has 0 spiro atoms. The monoisotopic (exact) mass is 418 g/mol. The van der Waals surface area contributed by atoms with Gasteiger partial charge in [0.2, 0.25) is 11.7 Å². The van der Waals surface area contributed by atoms with Gasteiger partial charge in [-0.15, -0.1) is 11.3 Å². The zero-order valence-corrected chi connectivity index (χ0v) is 17.5. The lowest BCUT2D eigenvalue weighted by molar-refractivity contribution is -0.895. The predicted molar refractivity (Wildman–Crippen MR) is 108 cm³/mol. The smallest absolute Gasteiger partial charge is 0.240 e. The fourth-order valence-corrected chi connectivity index (χ4v) is 4.42. The molecule has 1 N–H and O–H groups in total. The second-order valence-electron chi connectivity index (χ2n) is 6.71. The summed E-state index contributed by atoms with van der Waals surface area (Å²) in [6.07, 6.45) is 0. The van der Waals surface area contributed by atoms with Gasteiger partial charge in [-0.2, -0.15) is 0 Å². The first-order chi connectivity index (χ1) is 13.5. The molecule has 1 amide bonds. The Labute approximate surface area is 173 Å². The maximum absolute atomic E-state index is 13.1. The fourth-order valence-electron chi connectivity index (χ4n) is 3.55. The summed E-state index contributed by atoms with van der Waals surface area (Å²) in [6.45, 7) is 7.14. The summed E-state index contributed by atoms with van der Waals surface area (Å²) in [4.78, 5) is 29.2. The Bertz CT molecular complexity index is 891. The number of nitrogens with one attached hydrogen (secondary N) is 1. The molecular formula is C21H23ClN2O3S. The lowest BCUT2D eigenvalue weighted by Crippen LogP contribution is -3.12. The van der Waals surface area contributed by atoms with Crippen molar-refractivity contribution in [2.24, 2.45) is 0 Å². The Morgan fingerprint density at radius 3 is 2.61 bits per heavy atom. The molecule has 0 bridgehead atoms. The van der Waals surface area contributed by atoms with Crippen LogP contribution < -0.4 is 10.0 Å². The van der Waals surface area contributed by atoms with Crippen LogP contribution in [-0.2, 0) is 4.79 Å². The third-order valence-corrected chi connectivity index (χ3v) is 6.25. The first-order valence-electron chi connectivity index (χ1n) is 9.37. The summed E-state index contributed by atoms with van der Waals surface area (Å²) >= 11 is 7.42. The zero-order chi connectivity index (χ0) is 20.3. The van der Waals surface area contributed by atoms with Crippen molar-refractivity contribution in [3.8, 4) is 0 Å². The van der Waals surface area contributed by atoms with Crippen molar-refractivity contribution in [3.05, 3.63) is 68.6 Å². The molecule has 0 saturated heterocycles. The van der Waals surface area contributed by atoms with E-state index in [1.807, 2.05) is 0 Å². The van der Waals surface area contributed by atoms with Crippen LogP contribution in [-0.4, -0.2) is 42.8 Å². The Morgan fingerprint density at radius 1 is 1.25 bits per heavy atom. The number of hydrogen-bond acceptors (Lipinski definition) is 4. The molecule has 1 aliphatic heterocycles. The Morgan fingerprint density at radius 2 is 2.00 bits per heavy atom. The van der Waals surface area contributed by atoms with E-state index < -0.39 is 17.7 Å². The molecular weight excluding hydrogens is 396 g/mol. The Hall–Kier alpha value is -2.15. The molecule has 1 atom stereocenters. The zero-order valence-electron chi connectivity index (χ0n) is 15.9. The number of Topliss-reactive ketones (excluding diaryl/α,β-unsaturated/α-hetero) is 1. The summed E-state index contributed by atoms with van der Waals surface area (Å²) in [5, 5.41) is 15.1. The van der Waals surface area contributed by atoms with E-state index in [9.17, 15) is 14.7 Å². The number of likely N-dealkylation sites (N-methyl/N-ethyl adjacent to an activating group) is 1. The average Bonchev–Trinajstić information content (AvgIpc) is 3.31. The van der Waals surface area contributed by atoms with Crippen LogP contribution in [0.15, 0.2) is 53.1 Å². The van der Waals surface area contributed by atoms with Crippen LogP contribution in [0.1, 0.15) is 35.1 Å². The highest BCUT2D eigenvalue weighted by Gasteiger charge is 2.40. The quantitative estimate of drug-likeness (QED) is 0.664. The van der Waals surface area contributed by atoms with Crippen molar-refractivity contribution in [1.29, 1.82) is 0 Å². The third-order valence-electron chi connectivity index (χ3n) is 5.15. The molecule has 1 unspecified atom stereocenters. The molecule has 0 saturated carbocycles. The van der Waals surface area contributed by atoms with Gasteiger partial charge in [0.15, 0.2) is 0 Å². The minimum atomic E-state index is -0.710. The van der Waals surface area contributed by atoms with Crippen molar-refractivity contribution < 1.29 is 19.6 Å². The number of ketones is 1. The highest BCUT2D eigenvalue weighted by atomic mass is 35.5. The summed E-state index contributed by atoms with van der Waals surface area (Å²) in [6, 6.07) is 9.76. The number of quaternary nitrogens is 1. The van der Waals surface area contributed by atoms with Gasteiger partial charge in [-0.25, -0.2) is 0 Å². The lowest BCUT2D eigenvalue weighted by atomic mass is 9.95. The highest BCUT2D eigenvalue weighted by molar-refractivity contribution is 7.12. The first kappa shape index (κ1) is 20.6. The average molecular weight is 419 g/mol. The number of halogens is 1. The van der Waals surface area contributed by atoms with Gasteiger partial charge in [-0.05, 0) is 48.7 Å². The second-order valence-corrected chi connectivity index (χ2v) is 8.10. The van der Waals surface area contributed by atoms with Gasteiger partial charge in [0.1, 0.15) is 0 Å². The van der Waals surface area contributed by atoms with Gasteiger partial charge < -0.3 is 14.9 Å². The van der Waals surface area contributed by atoms with Gasteiger partial charge in [-0.3, -0.25) is 9.59 Å². The molecule has 1 aromatic carbocycles. The van der Waals surface area contributed by atoms with Crippen LogP contribution in [0.2, 0.25) is 5.02 Å². The molecule has 7 heteroatoms. The minimum Gasteiger partial charge on any atom is -0.868 e. The van der Waals surface area contributed by atoms with E-state index in [4.69, 9.17) is 11.6 Å². The second kappa shape index (κ2) is 8.90. The minimum absolute atomic E-state index is 0.0178. The Balaban J connectivity index is 2.01. The van der Waals surface area contributed by atoms with Crippen LogP contribution in [0.25, 0.3) is 0 Å². The fraction of sp³-hybridized carbons (Fsp3) is 0.333. The van der Waals surface area contributed by atoms with Crippen LogP contribution in [0.4, 0.5) is 0 Å². The summed E-state index contributed by atoms with van der Waals surface area (Å²) < 4.78 is 0. The van der Waals surface area contributed by atoms with E-state index in [2.05, 4.69) is 13.8 Å². The molecule has 0 aliphatic carbocycles. The molecule has 0 radical (unpaired) electrons. The van der Waals surface area contributed by atoms with Crippen molar-refractivity contribution in [2.45, 2.75) is 19.9 Å². The summed E-state index contributed by atoms with van der Waals surface area (Å²) in [7, 11) is 0. The Kier molecular flexibility index (Phi) is 6.54. The van der Waals surface area contributed by atoms with E-state index in [1.165, 1.54) is 21.1 Å². The molecule has 0 fully saturated rings. The van der Waals surface area contributed by atoms with Gasteiger partial charge in [0.05, 0.1) is 37.1 Å². The number of benzene rings is 1. The maximum atomic E-state index is 13.1. The molecule has 1 aliphatic rings. The standard InChI is InChI=1S/C21H23ClN2O3S/c1-3-23(4-2)10-11-24-18(14-7-5-8-15(22)13-14)17(20(26)21(24)27)19(25)16-9-6-12-28-16/h5-9,12-13,18,26H,3-4,10-11H2,1-2H3. The van der Waals surface area contributed by atoms with Crippen LogP contribution >= 0.6 is 22.9 Å². The molecule has 28 heavy (non-hydrogen) atoms. The third kappa shape index (κ3) is 3.99. The summed E-state index contributed by atoms with van der Waals surface area (Å²) in [5.74, 6) is -1.70. The van der Waals surface area contributed by atoms with Crippen molar-refractivity contribution in [3.63, 3.8) is 0 Å². The van der Waals surface area contributed by atoms with Crippen LogP contribution in [0, 0.1) is 0 Å². The number of rotatable bonds is 8. The first-order valence-corrected chi connectivity index (χ1v) is 10.6. The van der Waals surface area contributed by atoms with E-state index in [0.717, 1.165) is 13.1 Å². The highest BCUT2D eigenvalue weighted by Crippen LogP contribution is 2.39. The molecule has 3 rings (SSSR count). The van der Waals surface area contributed by atoms with Gasteiger partial charge >= 0.3 is 0 Å². The largest absolute Gasteiger partial charge is 0.868 e. The molecule has 2 heterocycles. The summed E-state index contributed by atoms with van der Waals surface area (Å²) in [5.41, 5.74) is 0.699. The number of nitrogens with zero attached hydrogens (tertiary/aromatic N) is 1.